The van der Waals surface area contributed by atoms with Gasteiger partial charge in [-0.15, -0.1) is 0 Å². The van der Waals surface area contributed by atoms with Crippen LogP contribution < -0.4 is 5.32 Å². The summed E-state index contributed by atoms with van der Waals surface area (Å²) in [6.45, 7) is 8.06. The minimum atomic E-state index is -0.546. The first-order valence-corrected chi connectivity index (χ1v) is 6.86. The number of nitrogens with zero attached hydrogens (tertiary/aromatic N) is 1. The van der Waals surface area contributed by atoms with Crippen LogP contribution >= 0.6 is 11.6 Å². The van der Waals surface area contributed by atoms with Crippen molar-refractivity contribution in [3.05, 3.63) is 38.9 Å². The molecule has 0 spiro atoms. The molecule has 0 radical (unpaired) electrons. The molecule has 1 rings (SSSR count). The first-order chi connectivity index (χ1) is 9.23. The highest BCUT2D eigenvalue weighted by molar-refractivity contribution is 6.33. The molecule has 0 unspecified atom stereocenters. The van der Waals surface area contributed by atoms with Gasteiger partial charge in [-0.3, -0.25) is 14.9 Å². The number of carbonyl (C=O) groups is 1. The van der Waals surface area contributed by atoms with Gasteiger partial charge in [-0.05, 0) is 17.9 Å². The molecular weight excluding hydrogens is 280 g/mol. The molecular formula is C14H19ClN2O3. The summed E-state index contributed by atoms with van der Waals surface area (Å²) in [5.74, 6) is 0.138. The summed E-state index contributed by atoms with van der Waals surface area (Å²) in [5.41, 5.74) is -0.0163. The fourth-order valence-electron chi connectivity index (χ4n) is 2.13. The number of hydrogen-bond acceptors (Lipinski definition) is 3. The molecule has 5 nitrogen and oxygen atoms in total. The molecule has 0 saturated heterocycles. The van der Waals surface area contributed by atoms with E-state index in [4.69, 9.17) is 11.6 Å². The van der Waals surface area contributed by atoms with Crippen LogP contribution in [0, 0.1) is 22.0 Å². The molecule has 0 aliphatic carbocycles. The average molecular weight is 299 g/mol. The van der Waals surface area contributed by atoms with Crippen LogP contribution in [0.5, 0.6) is 0 Å². The van der Waals surface area contributed by atoms with Gasteiger partial charge in [-0.1, -0.05) is 39.3 Å². The second-order valence-electron chi connectivity index (χ2n) is 5.41. The number of nitrogens with one attached hydrogen (secondary N) is 1. The van der Waals surface area contributed by atoms with Crippen LogP contribution in [-0.2, 0) is 0 Å². The fraction of sp³-hybridized carbons (Fsp3) is 0.500. The summed E-state index contributed by atoms with van der Waals surface area (Å²) in [6, 6.07) is 3.84. The molecule has 1 aromatic rings. The van der Waals surface area contributed by atoms with E-state index in [0.717, 1.165) is 0 Å². The summed E-state index contributed by atoms with van der Waals surface area (Å²) in [4.78, 5) is 22.5. The van der Waals surface area contributed by atoms with Crippen LogP contribution in [0.4, 0.5) is 5.69 Å². The Labute approximate surface area is 123 Å². The molecule has 0 heterocycles. The minimum absolute atomic E-state index is 0.0159. The van der Waals surface area contributed by atoms with Crippen LogP contribution in [0.25, 0.3) is 0 Å². The van der Waals surface area contributed by atoms with Crippen molar-refractivity contribution in [3.63, 3.8) is 0 Å². The largest absolute Gasteiger partial charge is 0.349 e. The zero-order valence-electron chi connectivity index (χ0n) is 12.0. The topological polar surface area (TPSA) is 72.2 Å². The van der Waals surface area contributed by atoms with Gasteiger partial charge in [0.15, 0.2) is 0 Å². The molecule has 1 amide bonds. The van der Waals surface area contributed by atoms with Crippen LogP contribution in [0.3, 0.4) is 0 Å². The molecule has 0 aromatic heterocycles. The Morgan fingerprint density at radius 3 is 2.25 bits per heavy atom. The van der Waals surface area contributed by atoms with Gasteiger partial charge in [0.1, 0.15) is 0 Å². The molecule has 0 bridgehead atoms. The van der Waals surface area contributed by atoms with Crippen molar-refractivity contribution in [1.82, 2.24) is 5.32 Å². The molecule has 0 aliphatic rings. The van der Waals surface area contributed by atoms with Gasteiger partial charge in [0, 0.05) is 18.2 Å². The first-order valence-electron chi connectivity index (χ1n) is 6.48. The maximum Gasteiger partial charge on any atom is 0.270 e. The van der Waals surface area contributed by atoms with Crippen molar-refractivity contribution in [3.8, 4) is 0 Å². The van der Waals surface area contributed by atoms with Gasteiger partial charge in [0.05, 0.1) is 15.5 Å². The number of nitro groups is 1. The molecule has 6 heteroatoms. The standard InChI is InChI=1S/C14H19ClN2O3/c1-8(2)13(9(3)4)16-14(18)11-7-10(17(19)20)5-6-12(11)15/h5-9,13H,1-4H3,(H,16,18). The molecule has 110 valence electrons. The van der Waals surface area contributed by atoms with Crippen molar-refractivity contribution in [2.75, 3.05) is 0 Å². The van der Waals surface area contributed by atoms with Crippen LogP contribution in [0.1, 0.15) is 38.1 Å². The zero-order chi connectivity index (χ0) is 15.4. The highest BCUT2D eigenvalue weighted by atomic mass is 35.5. The highest BCUT2D eigenvalue weighted by Gasteiger charge is 2.22. The number of halogens is 1. The third-order valence-corrected chi connectivity index (χ3v) is 3.47. The molecule has 20 heavy (non-hydrogen) atoms. The van der Waals surface area contributed by atoms with Gasteiger partial charge in [-0.2, -0.15) is 0 Å². The molecule has 0 saturated carbocycles. The van der Waals surface area contributed by atoms with E-state index >= 15 is 0 Å². The Hall–Kier alpha value is -1.62. The number of carbonyl (C=O) groups excluding carboxylic acids is 1. The predicted octanol–water partition coefficient (Wildman–Crippen LogP) is 3.66. The van der Waals surface area contributed by atoms with Crippen LogP contribution in [-0.4, -0.2) is 16.9 Å². The summed E-state index contributed by atoms with van der Waals surface area (Å²) < 4.78 is 0. The third kappa shape index (κ3) is 3.93. The maximum atomic E-state index is 12.2. The number of hydrogen-bond donors (Lipinski definition) is 1. The van der Waals surface area contributed by atoms with Gasteiger partial charge in [-0.25, -0.2) is 0 Å². The number of nitro benzene ring substituents is 1. The summed E-state index contributed by atoms with van der Waals surface area (Å²) in [7, 11) is 0. The quantitative estimate of drug-likeness (QED) is 0.666. The van der Waals surface area contributed by atoms with E-state index in [1.165, 1.54) is 18.2 Å². The monoisotopic (exact) mass is 298 g/mol. The highest BCUT2D eigenvalue weighted by Crippen LogP contribution is 2.23. The normalized spacial score (nSPS) is 11.2. The van der Waals surface area contributed by atoms with Gasteiger partial charge < -0.3 is 5.32 Å². The minimum Gasteiger partial charge on any atom is -0.349 e. The number of non-ortho nitro benzene ring substituents is 1. The lowest BCUT2D eigenvalue weighted by atomic mass is 9.93. The van der Waals surface area contributed by atoms with Crippen LogP contribution in [0.2, 0.25) is 5.02 Å². The van der Waals surface area contributed by atoms with Gasteiger partial charge in [0.25, 0.3) is 11.6 Å². The van der Waals surface area contributed by atoms with Gasteiger partial charge >= 0.3 is 0 Å². The van der Waals surface area contributed by atoms with E-state index in [0.29, 0.717) is 0 Å². The molecule has 1 N–H and O–H groups in total. The smallest absolute Gasteiger partial charge is 0.270 e. The Morgan fingerprint density at radius 1 is 1.25 bits per heavy atom. The van der Waals surface area contributed by atoms with Crippen molar-refractivity contribution in [2.45, 2.75) is 33.7 Å². The van der Waals surface area contributed by atoms with E-state index in [1.807, 2.05) is 27.7 Å². The molecule has 0 atom stereocenters. The van der Waals surface area contributed by atoms with E-state index in [-0.39, 0.29) is 40.1 Å². The lowest BCUT2D eigenvalue weighted by Crippen LogP contribution is -2.42. The zero-order valence-corrected chi connectivity index (χ0v) is 12.8. The fourth-order valence-corrected chi connectivity index (χ4v) is 2.34. The Balaban J connectivity index is 3.02. The molecule has 0 fully saturated rings. The van der Waals surface area contributed by atoms with E-state index in [9.17, 15) is 14.9 Å². The molecule has 0 aliphatic heterocycles. The van der Waals surface area contributed by atoms with Crippen molar-refractivity contribution in [1.29, 1.82) is 0 Å². The summed E-state index contributed by atoms with van der Waals surface area (Å²) in [5, 5.41) is 13.9. The van der Waals surface area contributed by atoms with Crippen molar-refractivity contribution < 1.29 is 9.72 Å². The lowest BCUT2D eigenvalue weighted by molar-refractivity contribution is -0.384. The van der Waals surface area contributed by atoms with Crippen molar-refractivity contribution in [2.24, 2.45) is 11.8 Å². The van der Waals surface area contributed by atoms with E-state index < -0.39 is 4.92 Å². The predicted molar refractivity (Wildman–Crippen MR) is 79.0 cm³/mol. The van der Waals surface area contributed by atoms with Crippen LogP contribution in [0.15, 0.2) is 18.2 Å². The SMILES string of the molecule is CC(C)C(NC(=O)c1cc([N+](=O)[O-])ccc1Cl)C(C)C. The van der Waals surface area contributed by atoms with Crippen molar-refractivity contribution >= 4 is 23.2 Å². The second kappa shape index (κ2) is 6.70. The second-order valence-corrected chi connectivity index (χ2v) is 5.82. The first kappa shape index (κ1) is 16.4. The number of amides is 1. The summed E-state index contributed by atoms with van der Waals surface area (Å²) in [6.07, 6.45) is 0. The maximum absolute atomic E-state index is 12.2. The molecule has 1 aromatic carbocycles. The van der Waals surface area contributed by atoms with E-state index in [1.54, 1.807) is 0 Å². The Bertz CT molecular complexity index is 507. The Morgan fingerprint density at radius 2 is 1.80 bits per heavy atom. The average Bonchev–Trinajstić information content (AvgIpc) is 2.34. The van der Waals surface area contributed by atoms with E-state index in [2.05, 4.69) is 5.32 Å². The third-order valence-electron chi connectivity index (χ3n) is 3.14. The number of benzene rings is 1. The Kier molecular flexibility index (Phi) is 5.51. The number of rotatable bonds is 5. The lowest BCUT2D eigenvalue weighted by Gasteiger charge is -2.26. The van der Waals surface area contributed by atoms with Gasteiger partial charge in [0.2, 0.25) is 0 Å². The summed E-state index contributed by atoms with van der Waals surface area (Å²) >= 11 is 5.95.